The Kier molecular flexibility index (Phi) is 5.86. The Morgan fingerprint density at radius 2 is 1.76 bits per heavy atom. The molecule has 0 spiro atoms. The molecule has 1 aliphatic carbocycles. The first-order chi connectivity index (χ1) is 12.1. The summed E-state index contributed by atoms with van der Waals surface area (Å²) in [6, 6.07) is 7.11. The van der Waals surface area contributed by atoms with Crippen LogP contribution in [0.1, 0.15) is 44.9 Å². The van der Waals surface area contributed by atoms with Crippen molar-refractivity contribution in [2.75, 3.05) is 5.75 Å². The summed E-state index contributed by atoms with van der Waals surface area (Å²) in [5, 5.41) is 0.510. The van der Waals surface area contributed by atoms with Crippen LogP contribution in [0.2, 0.25) is 0 Å². The Morgan fingerprint density at radius 3 is 2.52 bits per heavy atom. The van der Waals surface area contributed by atoms with Crippen LogP contribution in [-0.2, 0) is 16.6 Å². The molecule has 0 radical (unpaired) electrons. The molecule has 0 saturated heterocycles. The minimum absolute atomic E-state index is 0.0248. The quantitative estimate of drug-likeness (QED) is 0.885. The molecule has 0 aliphatic heterocycles. The zero-order valence-corrected chi connectivity index (χ0v) is 15.2. The maximum atomic E-state index is 12.4. The van der Waals surface area contributed by atoms with Crippen molar-refractivity contribution in [1.29, 1.82) is 0 Å². The van der Waals surface area contributed by atoms with Crippen LogP contribution >= 0.6 is 0 Å². The van der Waals surface area contributed by atoms with Crippen molar-refractivity contribution < 1.29 is 8.42 Å². The van der Waals surface area contributed by atoms with Crippen LogP contribution in [0.4, 0.5) is 0 Å². The van der Waals surface area contributed by atoms with Gasteiger partial charge in [0, 0.05) is 12.6 Å². The molecule has 1 N–H and O–H groups in total. The lowest BCUT2D eigenvalue weighted by atomic mass is 9.97. The molecule has 0 atom stereocenters. The van der Waals surface area contributed by atoms with Crippen LogP contribution in [0.3, 0.4) is 0 Å². The number of para-hydroxylation sites is 1. The summed E-state index contributed by atoms with van der Waals surface area (Å²) < 4.78 is 29.0. The summed E-state index contributed by atoms with van der Waals surface area (Å²) in [6.45, 7) is 0.110. The van der Waals surface area contributed by atoms with E-state index < -0.39 is 10.0 Å². The molecule has 25 heavy (non-hydrogen) atoms. The standard InChI is InChI=1S/C18H25N3O3S/c22-18-16-10-6-7-11-17(16)19-14-21(18)12-13-25(23,24)20-15-8-4-2-1-3-5-9-15/h6-7,10-11,14-15,20H,1-5,8-9,12-13H2. The van der Waals surface area contributed by atoms with Crippen molar-refractivity contribution in [2.24, 2.45) is 0 Å². The fraction of sp³-hybridized carbons (Fsp3) is 0.556. The molecule has 1 aliphatic rings. The molecule has 0 bridgehead atoms. The highest BCUT2D eigenvalue weighted by molar-refractivity contribution is 7.89. The Morgan fingerprint density at radius 1 is 1.08 bits per heavy atom. The highest BCUT2D eigenvalue weighted by Gasteiger charge is 2.19. The Balaban J connectivity index is 1.65. The predicted octanol–water partition coefficient (Wildman–Crippen LogP) is 2.43. The maximum absolute atomic E-state index is 12.4. The monoisotopic (exact) mass is 363 g/mol. The second-order valence-electron chi connectivity index (χ2n) is 6.74. The Labute approximate surface area is 148 Å². The molecule has 1 heterocycles. The largest absolute Gasteiger partial charge is 0.298 e. The summed E-state index contributed by atoms with van der Waals surface area (Å²) in [7, 11) is -3.42. The van der Waals surface area contributed by atoms with E-state index >= 15 is 0 Å². The van der Waals surface area contributed by atoms with Crippen LogP contribution in [0.25, 0.3) is 10.9 Å². The molecule has 2 aromatic rings. The lowest BCUT2D eigenvalue weighted by Gasteiger charge is -2.21. The number of aryl methyl sites for hydroxylation is 1. The number of hydrogen-bond donors (Lipinski definition) is 1. The summed E-state index contributed by atoms with van der Waals surface area (Å²) in [5.74, 6) is -0.108. The van der Waals surface area contributed by atoms with Crippen molar-refractivity contribution >= 4 is 20.9 Å². The highest BCUT2D eigenvalue weighted by Crippen LogP contribution is 2.17. The molecule has 7 heteroatoms. The van der Waals surface area contributed by atoms with Crippen LogP contribution in [0.15, 0.2) is 35.4 Å². The van der Waals surface area contributed by atoms with Crippen LogP contribution in [0, 0.1) is 0 Å². The maximum Gasteiger partial charge on any atom is 0.261 e. The second kappa shape index (κ2) is 8.10. The molecular weight excluding hydrogens is 338 g/mol. The van der Waals surface area contributed by atoms with E-state index in [1.807, 2.05) is 6.07 Å². The Hall–Kier alpha value is -1.73. The van der Waals surface area contributed by atoms with E-state index in [-0.39, 0.29) is 23.9 Å². The summed E-state index contributed by atoms with van der Waals surface area (Å²) in [6.07, 6.45) is 8.97. The topological polar surface area (TPSA) is 81.1 Å². The van der Waals surface area contributed by atoms with Crippen LogP contribution in [-0.4, -0.2) is 29.8 Å². The van der Waals surface area contributed by atoms with Crippen molar-refractivity contribution in [1.82, 2.24) is 14.3 Å². The van der Waals surface area contributed by atoms with Gasteiger partial charge in [-0.25, -0.2) is 18.1 Å². The van der Waals surface area contributed by atoms with Crippen LogP contribution < -0.4 is 10.3 Å². The number of nitrogens with zero attached hydrogens (tertiary/aromatic N) is 2. The second-order valence-corrected chi connectivity index (χ2v) is 8.61. The third-order valence-electron chi connectivity index (χ3n) is 4.78. The van der Waals surface area contributed by atoms with Gasteiger partial charge in [-0.15, -0.1) is 0 Å². The van der Waals surface area contributed by atoms with Gasteiger partial charge in [-0.2, -0.15) is 0 Å². The average Bonchev–Trinajstić information content (AvgIpc) is 2.57. The summed E-state index contributed by atoms with van der Waals surface area (Å²) >= 11 is 0. The van der Waals surface area contributed by atoms with Gasteiger partial charge >= 0.3 is 0 Å². The van der Waals surface area contributed by atoms with E-state index in [2.05, 4.69) is 9.71 Å². The third-order valence-corrected chi connectivity index (χ3v) is 6.20. The minimum atomic E-state index is -3.42. The first-order valence-electron chi connectivity index (χ1n) is 8.99. The smallest absolute Gasteiger partial charge is 0.261 e. The van der Waals surface area contributed by atoms with Crippen molar-refractivity contribution in [3.05, 3.63) is 40.9 Å². The van der Waals surface area contributed by atoms with E-state index in [4.69, 9.17) is 0 Å². The number of rotatable bonds is 5. The van der Waals surface area contributed by atoms with Gasteiger partial charge < -0.3 is 0 Å². The SMILES string of the molecule is O=c1c2ccccc2ncn1CCS(=O)(=O)NC1CCCCCCC1. The average molecular weight is 363 g/mol. The molecule has 1 fully saturated rings. The van der Waals surface area contributed by atoms with Crippen molar-refractivity contribution in [3.63, 3.8) is 0 Å². The summed E-state index contributed by atoms with van der Waals surface area (Å²) in [5.41, 5.74) is 0.422. The molecule has 1 aromatic carbocycles. The molecule has 1 saturated carbocycles. The number of benzene rings is 1. The van der Waals surface area contributed by atoms with Gasteiger partial charge in [0.25, 0.3) is 5.56 Å². The zero-order chi connectivity index (χ0) is 17.7. The molecule has 136 valence electrons. The molecular formula is C18H25N3O3S. The normalized spacial score (nSPS) is 17.3. The van der Waals surface area contributed by atoms with Gasteiger partial charge in [0.15, 0.2) is 0 Å². The number of aromatic nitrogens is 2. The lowest BCUT2D eigenvalue weighted by molar-refractivity contribution is 0.426. The van der Waals surface area contributed by atoms with Gasteiger partial charge in [-0.05, 0) is 25.0 Å². The van der Waals surface area contributed by atoms with Crippen LogP contribution in [0.5, 0.6) is 0 Å². The van der Waals surface area contributed by atoms with E-state index in [1.165, 1.54) is 30.2 Å². The molecule has 6 nitrogen and oxygen atoms in total. The Bertz CT molecular complexity index is 869. The number of hydrogen-bond acceptors (Lipinski definition) is 4. The first-order valence-corrected chi connectivity index (χ1v) is 10.6. The van der Waals surface area contributed by atoms with Crippen molar-refractivity contribution in [3.8, 4) is 0 Å². The van der Waals surface area contributed by atoms with Gasteiger partial charge in [0.2, 0.25) is 10.0 Å². The summed E-state index contributed by atoms with van der Waals surface area (Å²) in [4.78, 5) is 16.7. The van der Waals surface area contributed by atoms with E-state index in [9.17, 15) is 13.2 Å². The number of nitrogens with one attached hydrogen (secondary N) is 1. The fourth-order valence-corrected chi connectivity index (χ4v) is 4.67. The lowest BCUT2D eigenvalue weighted by Crippen LogP contribution is -2.38. The minimum Gasteiger partial charge on any atom is -0.298 e. The van der Waals surface area contributed by atoms with E-state index in [0.717, 1.165) is 25.7 Å². The predicted molar refractivity (Wildman–Crippen MR) is 99.0 cm³/mol. The zero-order valence-electron chi connectivity index (χ0n) is 14.4. The fourth-order valence-electron chi connectivity index (χ4n) is 3.37. The van der Waals surface area contributed by atoms with Gasteiger partial charge in [0.1, 0.15) is 0 Å². The third kappa shape index (κ3) is 4.89. The molecule has 0 amide bonds. The number of sulfonamides is 1. The van der Waals surface area contributed by atoms with Gasteiger partial charge in [-0.1, -0.05) is 44.2 Å². The van der Waals surface area contributed by atoms with E-state index in [1.54, 1.807) is 18.2 Å². The van der Waals surface area contributed by atoms with Gasteiger partial charge in [0.05, 0.1) is 23.0 Å². The van der Waals surface area contributed by atoms with Gasteiger partial charge in [-0.3, -0.25) is 9.36 Å². The molecule has 0 unspecified atom stereocenters. The molecule has 1 aromatic heterocycles. The number of fused-ring (bicyclic) bond motifs is 1. The first kappa shape index (κ1) is 18.1. The highest BCUT2D eigenvalue weighted by atomic mass is 32.2. The van der Waals surface area contributed by atoms with Crippen molar-refractivity contribution in [2.45, 2.75) is 57.5 Å². The van der Waals surface area contributed by atoms with E-state index in [0.29, 0.717) is 10.9 Å². The molecule has 3 rings (SSSR count).